The molecular weight excluding hydrogens is 517 g/mol. The monoisotopic (exact) mass is 533 g/mol. The lowest BCUT2D eigenvalue weighted by Crippen LogP contribution is -1.96. The number of nitrogens with zero attached hydrogens (tertiary/aromatic N) is 1. The molecule has 0 bridgehead atoms. The molecule has 3 nitrogen and oxygen atoms in total. The molecule has 1 heterocycles. The second-order valence-corrected chi connectivity index (χ2v) is 12.0. The maximum absolute atomic E-state index is 13.4. The van der Waals surface area contributed by atoms with Gasteiger partial charge in [0.1, 0.15) is 5.82 Å². The Bertz CT molecular complexity index is 1300. The van der Waals surface area contributed by atoms with Gasteiger partial charge < -0.3 is 0 Å². The van der Waals surface area contributed by atoms with Crippen molar-refractivity contribution >= 4 is 48.9 Å². The largest absolute Gasteiger partial charge is 0.229 e. The van der Waals surface area contributed by atoms with Gasteiger partial charge in [0.15, 0.2) is 14.2 Å². The number of sulfone groups is 1. The Hall–Kier alpha value is -2.00. The molecule has 4 rings (SSSR count). The number of thiazole rings is 1. The van der Waals surface area contributed by atoms with E-state index >= 15 is 0 Å². The smallest absolute Gasteiger partial charge is 0.175 e. The van der Waals surface area contributed by atoms with E-state index in [2.05, 4.69) is 28.1 Å². The summed E-state index contributed by atoms with van der Waals surface area (Å²) in [6, 6.07) is 21.2. The van der Waals surface area contributed by atoms with Crippen LogP contribution < -0.4 is 0 Å². The van der Waals surface area contributed by atoms with E-state index in [0.717, 1.165) is 36.3 Å². The Kier molecular flexibility index (Phi) is 6.62. The van der Waals surface area contributed by atoms with Gasteiger partial charge in [-0.15, -0.1) is 11.3 Å². The number of hydrogen-bond acceptors (Lipinski definition) is 5. The summed E-state index contributed by atoms with van der Waals surface area (Å²) in [6.07, 6.45) is 1.19. The molecule has 0 unspecified atom stereocenters. The summed E-state index contributed by atoms with van der Waals surface area (Å²) in [5, 5.41) is 0. The van der Waals surface area contributed by atoms with Crippen molar-refractivity contribution in [3.63, 3.8) is 0 Å². The molecule has 0 fully saturated rings. The lowest BCUT2D eigenvalue weighted by atomic mass is 10.1. The SMILES string of the molecule is CS(=O)(=O)c1ccc(-c2sc(SCc3ccc(Br)cc3)nc2-c2ccc(F)cc2)cc1. The molecule has 0 aliphatic rings. The van der Waals surface area contributed by atoms with Crippen LogP contribution in [0.15, 0.2) is 86.5 Å². The number of rotatable bonds is 6. The Balaban J connectivity index is 1.70. The summed E-state index contributed by atoms with van der Waals surface area (Å²) < 4.78 is 39.0. The van der Waals surface area contributed by atoms with Gasteiger partial charge in [0, 0.05) is 22.0 Å². The maximum atomic E-state index is 13.4. The van der Waals surface area contributed by atoms with Crippen molar-refractivity contribution in [2.45, 2.75) is 15.0 Å². The average molecular weight is 534 g/mol. The number of halogens is 2. The third-order valence-corrected chi connectivity index (χ3v) is 8.52. The molecule has 0 amide bonds. The van der Waals surface area contributed by atoms with E-state index in [0.29, 0.717) is 0 Å². The fourth-order valence-corrected chi connectivity index (χ4v) is 5.96. The molecule has 0 saturated carbocycles. The molecular formula is C23H17BrFNO2S3. The highest BCUT2D eigenvalue weighted by Crippen LogP contribution is 2.41. The molecule has 31 heavy (non-hydrogen) atoms. The molecule has 0 aliphatic carbocycles. The van der Waals surface area contributed by atoms with Crippen LogP contribution in [0.25, 0.3) is 21.7 Å². The van der Waals surface area contributed by atoms with Crippen molar-refractivity contribution < 1.29 is 12.8 Å². The first-order valence-electron chi connectivity index (χ1n) is 9.24. The van der Waals surface area contributed by atoms with Crippen LogP contribution in [-0.2, 0) is 15.6 Å². The van der Waals surface area contributed by atoms with Crippen LogP contribution in [0.4, 0.5) is 4.39 Å². The minimum Gasteiger partial charge on any atom is -0.229 e. The zero-order valence-electron chi connectivity index (χ0n) is 16.4. The van der Waals surface area contributed by atoms with Crippen LogP contribution in [-0.4, -0.2) is 19.7 Å². The lowest BCUT2D eigenvalue weighted by molar-refractivity contribution is 0.602. The molecule has 0 aliphatic heterocycles. The van der Waals surface area contributed by atoms with Gasteiger partial charge in [-0.25, -0.2) is 17.8 Å². The van der Waals surface area contributed by atoms with Crippen LogP contribution >= 0.6 is 39.0 Å². The van der Waals surface area contributed by atoms with Crippen LogP contribution in [0, 0.1) is 5.82 Å². The molecule has 158 valence electrons. The zero-order chi connectivity index (χ0) is 22.0. The van der Waals surface area contributed by atoms with Crippen molar-refractivity contribution in [2.75, 3.05) is 6.26 Å². The Morgan fingerprint density at radius 2 is 1.55 bits per heavy atom. The van der Waals surface area contributed by atoms with Crippen molar-refractivity contribution in [1.82, 2.24) is 4.98 Å². The summed E-state index contributed by atoms with van der Waals surface area (Å²) >= 11 is 6.63. The second kappa shape index (κ2) is 9.24. The summed E-state index contributed by atoms with van der Waals surface area (Å²) in [5.74, 6) is 0.471. The molecule has 0 saturated heterocycles. The summed E-state index contributed by atoms with van der Waals surface area (Å²) in [7, 11) is -3.27. The van der Waals surface area contributed by atoms with Crippen LogP contribution in [0.5, 0.6) is 0 Å². The van der Waals surface area contributed by atoms with Gasteiger partial charge in [0.2, 0.25) is 0 Å². The second-order valence-electron chi connectivity index (χ2n) is 6.88. The first kappa shape index (κ1) is 22.2. The van der Waals surface area contributed by atoms with Crippen molar-refractivity contribution in [3.8, 4) is 21.7 Å². The molecule has 0 spiro atoms. The number of thioether (sulfide) groups is 1. The normalized spacial score (nSPS) is 11.6. The molecule has 0 N–H and O–H groups in total. The predicted molar refractivity (Wildman–Crippen MR) is 130 cm³/mol. The minimum absolute atomic E-state index is 0.272. The Labute approximate surface area is 197 Å². The highest BCUT2D eigenvalue weighted by atomic mass is 79.9. The predicted octanol–water partition coefficient (Wildman–Crippen LogP) is 7.07. The number of aromatic nitrogens is 1. The van der Waals surface area contributed by atoms with Crippen LogP contribution in [0.2, 0.25) is 0 Å². The van der Waals surface area contributed by atoms with Gasteiger partial charge in [0.05, 0.1) is 15.5 Å². The van der Waals surface area contributed by atoms with Gasteiger partial charge in [-0.2, -0.15) is 0 Å². The molecule has 0 radical (unpaired) electrons. The van der Waals surface area contributed by atoms with Crippen LogP contribution in [0.3, 0.4) is 0 Å². The van der Waals surface area contributed by atoms with E-state index in [1.165, 1.54) is 24.0 Å². The Morgan fingerprint density at radius 1 is 0.935 bits per heavy atom. The average Bonchev–Trinajstić information content (AvgIpc) is 3.18. The van der Waals surface area contributed by atoms with Gasteiger partial charge in [-0.05, 0) is 59.7 Å². The van der Waals surface area contributed by atoms with E-state index in [-0.39, 0.29) is 10.7 Å². The molecule has 4 aromatic rings. The molecule has 0 atom stereocenters. The summed E-state index contributed by atoms with van der Waals surface area (Å²) in [4.78, 5) is 6.02. The summed E-state index contributed by atoms with van der Waals surface area (Å²) in [5.41, 5.74) is 3.64. The maximum Gasteiger partial charge on any atom is 0.175 e. The van der Waals surface area contributed by atoms with Gasteiger partial charge in [-0.3, -0.25) is 0 Å². The highest BCUT2D eigenvalue weighted by Gasteiger charge is 2.17. The molecule has 8 heteroatoms. The van der Waals surface area contributed by atoms with Gasteiger partial charge >= 0.3 is 0 Å². The highest BCUT2D eigenvalue weighted by molar-refractivity contribution is 9.10. The summed E-state index contributed by atoms with van der Waals surface area (Å²) in [6.45, 7) is 0. The zero-order valence-corrected chi connectivity index (χ0v) is 20.4. The number of benzene rings is 3. The topological polar surface area (TPSA) is 47.0 Å². The van der Waals surface area contributed by atoms with Crippen molar-refractivity contribution in [3.05, 3.63) is 88.6 Å². The fraction of sp³-hybridized carbons (Fsp3) is 0.0870. The Morgan fingerprint density at radius 3 is 2.16 bits per heavy atom. The van der Waals surface area contributed by atoms with Gasteiger partial charge in [-0.1, -0.05) is 52.0 Å². The molecule has 3 aromatic carbocycles. The quantitative estimate of drug-likeness (QED) is 0.248. The number of hydrogen-bond donors (Lipinski definition) is 0. The van der Waals surface area contributed by atoms with E-state index in [1.54, 1.807) is 59.5 Å². The van der Waals surface area contributed by atoms with E-state index < -0.39 is 9.84 Å². The van der Waals surface area contributed by atoms with E-state index in [1.807, 2.05) is 12.1 Å². The minimum atomic E-state index is -3.27. The third kappa shape index (κ3) is 5.44. The first-order valence-corrected chi connectivity index (χ1v) is 13.7. The van der Waals surface area contributed by atoms with Crippen molar-refractivity contribution in [1.29, 1.82) is 0 Å². The van der Waals surface area contributed by atoms with E-state index in [9.17, 15) is 12.8 Å². The molecule has 1 aromatic heterocycles. The first-order chi connectivity index (χ1) is 14.8. The van der Waals surface area contributed by atoms with Gasteiger partial charge in [0.25, 0.3) is 0 Å². The lowest BCUT2D eigenvalue weighted by Gasteiger charge is -2.04. The van der Waals surface area contributed by atoms with E-state index in [4.69, 9.17) is 4.98 Å². The third-order valence-electron chi connectivity index (χ3n) is 4.55. The standard InChI is InChI=1S/C23H17BrFNO2S3/c1-31(27,28)20-12-6-17(7-13-20)22-21(16-4-10-19(25)11-5-16)26-23(30-22)29-14-15-2-8-18(24)9-3-15/h2-13H,14H2,1H3. The van der Waals surface area contributed by atoms with Crippen LogP contribution in [0.1, 0.15) is 5.56 Å². The fourth-order valence-electron chi connectivity index (χ4n) is 2.94. The van der Waals surface area contributed by atoms with Crippen molar-refractivity contribution in [2.24, 2.45) is 0 Å².